The molecule has 2 aliphatic rings. The Hall–Kier alpha value is -1.64. The first-order valence-corrected chi connectivity index (χ1v) is 13.7. The molecule has 2 heterocycles. The van der Waals surface area contributed by atoms with Gasteiger partial charge in [-0.2, -0.15) is 0 Å². The number of carbonyl (C=O) groups excluding carboxylic acids is 2. The fraction of sp³-hybridized carbons (Fsp3) is 0.778. The molecule has 0 aromatic rings. The zero-order chi connectivity index (χ0) is 28.1. The van der Waals surface area contributed by atoms with E-state index in [2.05, 4.69) is 6.58 Å². The van der Waals surface area contributed by atoms with Gasteiger partial charge in [-0.25, -0.2) is 4.79 Å². The number of hydrogen-bond donors (Lipinski definition) is 0. The Labute approximate surface area is 223 Å². The van der Waals surface area contributed by atoms with Crippen LogP contribution in [-0.4, -0.2) is 79.9 Å². The maximum absolute atomic E-state index is 12.7. The molecule has 3 unspecified atom stereocenters. The maximum Gasteiger partial charge on any atom is 0.340 e. The molecule has 0 bridgehead atoms. The zero-order valence-electron chi connectivity index (χ0n) is 23.7. The summed E-state index contributed by atoms with van der Waals surface area (Å²) in [6.07, 6.45) is 2.25. The van der Waals surface area contributed by atoms with Gasteiger partial charge >= 0.3 is 5.97 Å². The van der Waals surface area contributed by atoms with Crippen LogP contribution in [0.3, 0.4) is 0 Å². The van der Waals surface area contributed by atoms with Gasteiger partial charge in [-0.3, -0.25) is 4.57 Å². The van der Waals surface area contributed by atoms with E-state index in [-0.39, 0.29) is 26.5 Å². The van der Waals surface area contributed by atoms with E-state index in [1.165, 1.54) is 0 Å². The second-order valence-corrected chi connectivity index (χ2v) is 11.8. The maximum atomic E-state index is 12.7. The molecule has 0 aromatic heterocycles. The van der Waals surface area contributed by atoms with Crippen LogP contribution in [0.1, 0.15) is 60.8 Å². The molecule has 0 aromatic carbocycles. The molecule has 9 nitrogen and oxygen atoms in total. The predicted octanol–water partition coefficient (Wildman–Crippen LogP) is 4.50. The molecular weight excluding hydrogens is 497 g/mol. The number of aldehydes is 1. The normalized spacial score (nSPS) is 30.2. The summed E-state index contributed by atoms with van der Waals surface area (Å²) in [6.45, 7) is 14.6. The Kier molecular flexibility index (Phi) is 11.0. The summed E-state index contributed by atoms with van der Waals surface area (Å²) in [4.78, 5) is 26.5. The third kappa shape index (κ3) is 7.27. The summed E-state index contributed by atoms with van der Waals surface area (Å²) >= 11 is 0. The number of cyclic esters (lactones) is 1. The van der Waals surface area contributed by atoms with Crippen LogP contribution in [0.2, 0.25) is 0 Å². The Bertz CT molecular complexity index is 874. The molecule has 0 amide bonds. The first-order valence-electron chi connectivity index (χ1n) is 12.8. The van der Waals surface area contributed by atoms with Crippen LogP contribution in [0.25, 0.3) is 0 Å². The van der Waals surface area contributed by atoms with Gasteiger partial charge in [0.05, 0.1) is 23.4 Å². The minimum atomic E-state index is -1.17. The number of hydrogen-bond acceptors (Lipinski definition) is 9. The van der Waals surface area contributed by atoms with Gasteiger partial charge in [-0.15, -0.1) is 6.58 Å². The monoisotopic (exact) mass is 541 g/mol. The molecule has 0 spiro atoms. The number of rotatable bonds is 13. The number of ether oxygens (including phenoxy) is 5. The molecular formula is C27H44NO8P. The van der Waals surface area contributed by atoms with Gasteiger partial charge in [-0.1, -0.05) is 19.9 Å². The Morgan fingerprint density at radius 2 is 1.95 bits per heavy atom. The third-order valence-corrected chi connectivity index (χ3v) is 8.06. The summed E-state index contributed by atoms with van der Waals surface area (Å²) in [5.41, 5.74) is -1.16. The topological polar surface area (TPSA) is 101 Å². The van der Waals surface area contributed by atoms with Crippen molar-refractivity contribution in [1.82, 2.24) is 4.90 Å². The molecule has 37 heavy (non-hydrogen) atoms. The molecule has 210 valence electrons. The van der Waals surface area contributed by atoms with Crippen molar-refractivity contribution in [2.75, 3.05) is 21.2 Å². The molecule has 0 radical (unpaired) electrons. The van der Waals surface area contributed by atoms with E-state index < -0.39 is 41.3 Å². The highest BCUT2D eigenvalue weighted by molar-refractivity contribution is 7.24. The van der Waals surface area contributed by atoms with Gasteiger partial charge in [-0.05, 0) is 47.2 Å². The smallest absolute Gasteiger partial charge is 0.340 e. The highest BCUT2D eigenvalue weighted by Gasteiger charge is 2.51. The van der Waals surface area contributed by atoms with Crippen molar-refractivity contribution < 1.29 is 37.8 Å². The van der Waals surface area contributed by atoms with Crippen molar-refractivity contribution in [2.24, 2.45) is 11.8 Å². The van der Waals surface area contributed by atoms with E-state index >= 15 is 0 Å². The minimum absolute atomic E-state index is 0.0464. The van der Waals surface area contributed by atoms with Gasteiger partial charge < -0.3 is 33.4 Å². The molecule has 10 heteroatoms. The molecule has 0 aliphatic carbocycles. The summed E-state index contributed by atoms with van der Waals surface area (Å²) < 4.78 is 43.1. The Balaban J connectivity index is 2.66. The predicted molar refractivity (Wildman–Crippen MR) is 140 cm³/mol. The third-order valence-electron chi connectivity index (χ3n) is 7.23. The van der Waals surface area contributed by atoms with Gasteiger partial charge in [0.1, 0.15) is 17.7 Å². The van der Waals surface area contributed by atoms with Crippen LogP contribution in [0.4, 0.5) is 0 Å². The van der Waals surface area contributed by atoms with E-state index in [1.54, 1.807) is 34.0 Å². The van der Waals surface area contributed by atoms with Crippen molar-refractivity contribution in [1.29, 1.82) is 0 Å². The van der Waals surface area contributed by atoms with Crippen molar-refractivity contribution in [3.8, 4) is 0 Å². The Morgan fingerprint density at radius 3 is 2.46 bits per heavy atom. The summed E-state index contributed by atoms with van der Waals surface area (Å²) in [5.74, 6) is -2.10. The largest absolute Gasteiger partial charge is 0.456 e. The summed E-state index contributed by atoms with van der Waals surface area (Å²) in [5, 5.41) is 0. The summed E-state index contributed by atoms with van der Waals surface area (Å²) in [7, 11) is 5.35. The zero-order valence-corrected chi connectivity index (χ0v) is 24.6. The van der Waals surface area contributed by atoms with Crippen molar-refractivity contribution in [3.63, 3.8) is 0 Å². The van der Waals surface area contributed by atoms with E-state index in [0.717, 1.165) is 6.29 Å². The number of esters is 1. The highest BCUT2D eigenvalue weighted by Crippen LogP contribution is 2.43. The molecule has 0 saturated carbocycles. The second-order valence-electron chi connectivity index (χ2n) is 11.0. The van der Waals surface area contributed by atoms with E-state index in [1.807, 2.05) is 39.8 Å². The first kappa shape index (κ1) is 31.6. The average Bonchev–Trinajstić information content (AvgIpc) is 2.83. The molecule has 2 aliphatic heterocycles. The molecule has 2 rings (SSSR count). The van der Waals surface area contributed by atoms with Gasteiger partial charge in [0, 0.05) is 38.8 Å². The van der Waals surface area contributed by atoms with Crippen LogP contribution in [-0.2, 0) is 37.8 Å². The fourth-order valence-electron chi connectivity index (χ4n) is 5.39. The van der Waals surface area contributed by atoms with Crippen molar-refractivity contribution in [2.45, 2.75) is 102 Å². The van der Waals surface area contributed by atoms with Crippen LogP contribution in [0.15, 0.2) is 24.0 Å². The quantitative estimate of drug-likeness (QED) is 0.144. The number of carbonyl (C=O) groups is 2. The minimum Gasteiger partial charge on any atom is -0.456 e. The lowest BCUT2D eigenvalue weighted by atomic mass is 9.77. The van der Waals surface area contributed by atoms with Gasteiger partial charge in [0.2, 0.25) is 5.79 Å². The molecule has 1 saturated heterocycles. The SMILES string of the molecule is C=CC[C@](C[C@@H](C)C=O)(OC)[C@H](O[C@@H]1OC(C)CC(N(C)C)C1P=O)[C@H](C)C1=C(C)C(=O)OC(C)(C)O1. The standard InChI is InChI=1S/C27H44NO8P/c1-11-12-27(32-10,14-16(2)15-29)23(18(4)21-19(5)24(30)36-26(6,7)35-21)34-25-22(37-31)20(28(8)9)13-17(3)33-25/h11,15-18,20,22-23,25H,1,12-14H2,2-10H3/t16-,17?,18-,20?,22?,23-,25+,27-/m1/s1. The van der Waals surface area contributed by atoms with Crippen LogP contribution in [0.5, 0.6) is 0 Å². The van der Waals surface area contributed by atoms with Crippen molar-refractivity contribution >= 4 is 20.7 Å². The van der Waals surface area contributed by atoms with E-state index in [4.69, 9.17) is 23.7 Å². The lowest BCUT2D eigenvalue weighted by Gasteiger charge is -2.48. The fourth-order valence-corrected chi connectivity index (χ4v) is 6.16. The average molecular weight is 542 g/mol. The van der Waals surface area contributed by atoms with E-state index in [9.17, 15) is 14.2 Å². The van der Waals surface area contributed by atoms with Crippen LogP contribution >= 0.6 is 8.46 Å². The van der Waals surface area contributed by atoms with Crippen molar-refractivity contribution in [3.05, 3.63) is 24.0 Å². The lowest BCUT2D eigenvalue weighted by molar-refractivity contribution is -0.268. The Morgan fingerprint density at radius 1 is 1.30 bits per heavy atom. The van der Waals surface area contributed by atoms with Gasteiger partial charge in [0.15, 0.2) is 14.8 Å². The molecule has 8 atom stereocenters. The van der Waals surface area contributed by atoms with Crippen LogP contribution < -0.4 is 0 Å². The lowest BCUT2D eigenvalue weighted by Crippen LogP contribution is -2.58. The first-order chi connectivity index (χ1) is 17.3. The highest BCUT2D eigenvalue weighted by atomic mass is 31.1. The second kappa shape index (κ2) is 12.9. The number of nitrogens with zero attached hydrogens (tertiary/aromatic N) is 1. The van der Waals surface area contributed by atoms with Crippen LogP contribution in [0, 0.1) is 11.8 Å². The molecule has 1 fully saturated rings. The molecule has 0 N–H and O–H groups in total. The number of methoxy groups -OCH3 is 1. The van der Waals surface area contributed by atoms with E-state index in [0.29, 0.717) is 30.6 Å². The summed E-state index contributed by atoms with van der Waals surface area (Å²) in [6, 6.07) is -0.0464. The van der Waals surface area contributed by atoms with Gasteiger partial charge in [0.25, 0.3) is 0 Å².